The van der Waals surface area contributed by atoms with Crippen LogP contribution in [0.25, 0.3) is 11.0 Å². The second-order valence-electron chi connectivity index (χ2n) is 7.63. The molecule has 1 aliphatic rings. The smallest absolute Gasteiger partial charge is 0.201 e. The number of nitrogens with zero attached hydrogens (tertiary/aromatic N) is 2. The molecule has 0 amide bonds. The van der Waals surface area contributed by atoms with Gasteiger partial charge in [-0.2, -0.15) is 0 Å². The molecule has 0 fully saturated rings. The lowest BCUT2D eigenvalue weighted by molar-refractivity contribution is 0.0477. The van der Waals surface area contributed by atoms with Crippen molar-refractivity contribution in [3.63, 3.8) is 0 Å². The number of aromatic hydroxyl groups is 1. The maximum Gasteiger partial charge on any atom is 0.201 e. The zero-order valence-corrected chi connectivity index (χ0v) is 15.8. The van der Waals surface area contributed by atoms with Crippen molar-refractivity contribution in [2.24, 2.45) is 0 Å². The first-order valence-electron chi connectivity index (χ1n) is 9.02. The summed E-state index contributed by atoms with van der Waals surface area (Å²) in [6.45, 7) is 8.68. The number of nitrogens with two attached hydrogens (primary N) is 1. The summed E-state index contributed by atoms with van der Waals surface area (Å²) < 4.78 is 8.57. The highest BCUT2D eigenvalue weighted by molar-refractivity contribution is 5.78. The average molecular weight is 351 g/mol. The number of para-hydroxylation sites is 2. The number of benzene rings is 2. The Hall–Kier alpha value is -2.69. The Balaban J connectivity index is 1.75. The molecule has 4 rings (SSSR count). The van der Waals surface area contributed by atoms with E-state index in [9.17, 15) is 5.11 Å². The molecule has 136 valence electrons. The standard InChI is InChI=1S/C21H25N3O2/c1-12-13(2)19-15(14(3)18(12)25)9-10-21(4,26-19)11-24-17-8-6-5-7-16(17)23-20(24)22/h5-8,25H,9-11H2,1-4H3,(H2,22,23). The van der Waals surface area contributed by atoms with Crippen LogP contribution in [0, 0.1) is 20.8 Å². The lowest BCUT2D eigenvalue weighted by Crippen LogP contribution is -2.41. The highest BCUT2D eigenvalue weighted by atomic mass is 16.5. The Morgan fingerprint density at radius 2 is 1.92 bits per heavy atom. The molecule has 5 nitrogen and oxygen atoms in total. The van der Waals surface area contributed by atoms with Crippen molar-refractivity contribution in [3.8, 4) is 11.5 Å². The minimum Gasteiger partial charge on any atom is -0.507 e. The van der Waals surface area contributed by atoms with Crippen LogP contribution in [0.15, 0.2) is 24.3 Å². The molecule has 1 unspecified atom stereocenters. The second kappa shape index (κ2) is 5.66. The summed E-state index contributed by atoms with van der Waals surface area (Å²) in [7, 11) is 0. The van der Waals surface area contributed by atoms with E-state index >= 15 is 0 Å². The summed E-state index contributed by atoms with van der Waals surface area (Å²) in [5.41, 5.74) is 11.7. The molecule has 3 N–H and O–H groups in total. The molecule has 5 heteroatoms. The quantitative estimate of drug-likeness (QED) is 0.731. The third-order valence-corrected chi connectivity index (χ3v) is 5.77. The first kappa shape index (κ1) is 16.8. The van der Waals surface area contributed by atoms with E-state index in [1.807, 2.05) is 49.6 Å². The van der Waals surface area contributed by atoms with Crippen molar-refractivity contribution < 1.29 is 9.84 Å². The first-order valence-corrected chi connectivity index (χ1v) is 9.02. The number of aromatic nitrogens is 2. The number of hydrogen-bond acceptors (Lipinski definition) is 4. The monoisotopic (exact) mass is 351 g/mol. The summed E-state index contributed by atoms with van der Waals surface area (Å²) >= 11 is 0. The molecule has 0 bridgehead atoms. The van der Waals surface area contributed by atoms with Crippen molar-refractivity contribution >= 4 is 17.0 Å². The second-order valence-corrected chi connectivity index (χ2v) is 7.63. The van der Waals surface area contributed by atoms with Gasteiger partial charge in [-0.15, -0.1) is 0 Å². The highest BCUT2D eigenvalue weighted by Crippen LogP contribution is 2.43. The van der Waals surface area contributed by atoms with Gasteiger partial charge in [-0.25, -0.2) is 4.98 Å². The lowest BCUT2D eigenvalue weighted by Gasteiger charge is -2.38. The summed E-state index contributed by atoms with van der Waals surface area (Å²) in [6.07, 6.45) is 1.73. The Morgan fingerprint density at radius 3 is 2.69 bits per heavy atom. The normalized spacial score (nSPS) is 19.4. The van der Waals surface area contributed by atoms with Crippen molar-refractivity contribution in [3.05, 3.63) is 46.5 Å². The third-order valence-electron chi connectivity index (χ3n) is 5.77. The SMILES string of the molecule is Cc1c(C)c2c(c(C)c1O)CCC(C)(Cn1c(N)nc3ccccc31)O2. The van der Waals surface area contributed by atoms with Crippen LogP contribution in [-0.2, 0) is 13.0 Å². The summed E-state index contributed by atoms with van der Waals surface area (Å²) in [5, 5.41) is 10.4. The van der Waals surface area contributed by atoms with E-state index in [1.165, 1.54) is 0 Å². The number of phenols is 1. The fourth-order valence-electron chi connectivity index (χ4n) is 4.00. The fourth-order valence-corrected chi connectivity index (χ4v) is 4.00. The van der Waals surface area contributed by atoms with Gasteiger partial charge < -0.3 is 20.1 Å². The molecule has 2 aromatic carbocycles. The molecule has 26 heavy (non-hydrogen) atoms. The van der Waals surface area contributed by atoms with Gasteiger partial charge in [0.05, 0.1) is 17.6 Å². The van der Waals surface area contributed by atoms with Gasteiger partial charge >= 0.3 is 0 Å². The average Bonchev–Trinajstić information content (AvgIpc) is 2.93. The van der Waals surface area contributed by atoms with Crippen molar-refractivity contribution in [2.45, 2.75) is 52.7 Å². The van der Waals surface area contributed by atoms with E-state index in [0.29, 0.717) is 18.2 Å². The van der Waals surface area contributed by atoms with E-state index in [-0.39, 0.29) is 5.60 Å². The molecule has 2 heterocycles. The number of imidazole rings is 1. The fraction of sp³-hybridized carbons (Fsp3) is 0.381. The van der Waals surface area contributed by atoms with Crippen LogP contribution in [0.4, 0.5) is 5.95 Å². The number of ether oxygens (including phenoxy) is 1. The number of nitrogen functional groups attached to an aromatic ring is 1. The molecule has 0 saturated carbocycles. The Labute approximate surface area is 153 Å². The van der Waals surface area contributed by atoms with Gasteiger partial charge in [0.25, 0.3) is 0 Å². The molecule has 0 aliphatic carbocycles. The van der Waals surface area contributed by atoms with Gasteiger partial charge in [0.2, 0.25) is 5.95 Å². The van der Waals surface area contributed by atoms with Crippen LogP contribution >= 0.6 is 0 Å². The maximum absolute atomic E-state index is 10.4. The van der Waals surface area contributed by atoms with Crippen LogP contribution in [0.5, 0.6) is 11.5 Å². The number of fused-ring (bicyclic) bond motifs is 2. The molecule has 1 aromatic heterocycles. The summed E-state index contributed by atoms with van der Waals surface area (Å²) in [5.74, 6) is 1.81. The molecule has 3 aromatic rings. The van der Waals surface area contributed by atoms with E-state index in [1.54, 1.807) is 0 Å². The van der Waals surface area contributed by atoms with Crippen molar-refractivity contribution in [1.82, 2.24) is 9.55 Å². The van der Waals surface area contributed by atoms with Gasteiger partial charge in [0.15, 0.2) is 0 Å². The Bertz CT molecular complexity index is 1020. The molecule has 0 saturated heterocycles. The molecule has 1 aliphatic heterocycles. The van der Waals surface area contributed by atoms with Crippen molar-refractivity contribution in [1.29, 1.82) is 0 Å². The van der Waals surface area contributed by atoms with E-state index in [2.05, 4.69) is 11.9 Å². The molecule has 1 atom stereocenters. The molecular formula is C21H25N3O2. The van der Waals surface area contributed by atoms with Gasteiger partial charge in [-0.05, 0) is 69.4 Å². The minimum absolute atomic E-state index is 0.384. The zero-order chi connectivity index (χ0) is 18.6. The zero-order valence-electron chi connectivity index (χ0n) is 15.8. The van der Waals surface area contributed by atoms with Gasteiger partial charge in [0, 0.05) is 5.56 Å². The van der Waals surface area contributed by atoms with Crippen molar-refractivity contribution in [2.75, 3.05) is 5.73 Å². The number of hydrogen-bond donors (Lipinski definition) is 2. The number of phenolic OH excluding ortho intramolecular Hbond substituents is 1. The van der Waals surface area contributed by atoms with E-state index in [4.69, 9.17) is 10.5 Å². The molecular weight excluding hydrogens is 326 g/mol. The van der Waals surface area contributed by atoms with E-state index < -0.39 is 0 Å². The highest BCUT2D eigenvalue weighted by Gasteiger charge is 2.35. The Kier molecular flexibility index (Phi) is 3.65. The molecule has 0 spiro atoms. The predicted octanol–water partition coefficient (Wildman–Crippen LogP) is 4.03. The van der Waals surface area contributed by atoms with E-state index in [0.717, 1.165) is 51.9 Å². The summed E-state index contributed by atoms with van der Waals surface area (Å²) in [4.78, 5) is 4.46. The number of anilines is 1. The van der Waals surface area contributed by atoms with Crippen LogP contribution < -0.4 is 10.5 Å². The van der Waals surface area contributed by atoms with Gasteiger partial charge in [-0.3, -0.25) is 0 Å². The van der Waals surface area contributed by atoms with Crippen LogP contribution in [0.3, 0.4) is 0 Å². The van der Waals surface area contributed by atoms with Gasteiger partial charge in [0.1, 0.15) is 17.1 Å². The largest absolute Gasteiger partial charge is 0.507 e. The first-order chi connectivity index (χ1) is 12.3. The molecule has 0 radical (unpaired) electrons. The Morgan fingerprint density at radius 1 is 1.19 bits per heavy atom. The minimum atomic E-state index is -0.384. The van der Waals surface area contributed by atoms with Crippen LogP contribution in [-0.4, -0.2) is 20.3 Å². The van der Waals surface area contributed by atoms with Gasteiger partial charge in [-0.1, -0.05) is 12.1 Å². The lowest BCUT2D eigenvalue weighted by atomic mass is 9.87. The topological polar surface area (TPSA) is 73.3 Å². The van der Waals surface area contributed by atoms with Crippen LogP contribution in [0.2, 0.25) is 0 Å². The predicted molar refractivity (Wildman–Crippen MR) is 104 cm³/mol. The maximum atomic E-state index is 10.4. The number of rotatable bonds is 2. The third kappa shape index (κ3) is 2.42. The van der Waals surface area contributed by atoms with Crippen LogP contribution in [0.1, 0.15) is 35.6 Å². The summed E-state index contributed by atoms with van der Waals surface area (Å²) in [6, 6.07) is 7.98.